The minimum atomic E-state index is -0.932. The Morgan fingerprint density at radius 3 is 2.07 bits per heavy atom. The van der Waals surface area contributed by atoms with Crippen LogP contribution >= 0.6 is 0 Å². The molecule has 58 heavy (non-hydrogen) atoms. The van der Waals surface area contributed by atoms with E-state index in [-0.39, 0.29) is 30.4 Å². The van der Waals surface area contributed by atoms with Crippen molar-refractivity contribution >= 4 is 28.7 Å². The highest BCUT2D eigenvalue weighted by Gasteiger charge is 2.37. The Kier molecular flexibility index (Phi) is 11.1. The molecule has 13 nitrogen and oxygen atoms in total. The van der Waals surface area contributed by atoms with E-state index in [9.17, 15) is 14.4 Å². The third kappa shape index (κ3) is 7.83. The van der Waals surface area contributed by atoms with Crippen LogP contribution in [0, 0.1) is 5.92 Å². The number of aromatic amines is 2. The highest BCUT2D eigenvalue weighted by Crippen LogP contribution is 2.34. The number of aromatic nitrogens is 4. The SMILES string of the molecule is COC(=O)N[C@@H](C(=O)N1CCOC[C@H]1c1ncc(-c2ccc3cc(-c4ccc(-c5cnc([C@@H]6CCCN6C(=O)[C@@H](N)C(C)C)[nH]5)cc4)ccc3c2)[nH]1)c1ccccc1. The van der Waals surface area contributed by atoms with Crippen LogP contribution in [-0.2, 0) is 19.1 Å². The van der Waals surface area contributed by atoms with Crippen molar-refractivity contribution in [3.8, 4) is 33.6 Å². The van der Waals surface area contributed by atoms with E-state index in [1.165, 1.54) is 7.11 Å². The third-order valence-corrected chi connectivity index (χ3v) is 11.3. The van der Waals surface area contributed by atoms with Crippen LogP contribution < -0.4 is 11.1 Å². The van der Waals surface area contributed by atoms with E-state index in [4.69, 9.17) is 20.2 Å². The molecule has 0 bridgehead atoms. The number of carbonyl (C=O) groups is 3. The van der Waals surface area contributed by atoms with Crippen LogP contribution in [0.3, 0.4) is 0 Å². The molecule has 4 atom stereocenters. The number of methoxy groups -OCH3 is 1. The second-order valence-corrected chi connectivity index (χ2v) is 15.3. The number of nitrogens with one attached hydrogen (secondary N) is 3. The summed E-state index contributed by atoms with van der Waals surface area (Å²) in [5.41, 5.74) is 12.8. The number of benzene rings is 4. The number of morpholine rings is 1. The number of amides is 3. The Bertz CT molecular complexity index is 2410. The molecule has 2 saturated heterocycles. The zero-order chi connectivity index (χ0) is 40.3. The van der Waals surface area contributed by atoms with Gasteiger partial charge in [0.15, 0.2) is 0 Å². The van der Waals surface area contributed by atoms with E-state index < -0.39 is 24.2 Å². The molecule has 298 valence electrons. The zero-order valence-corrected chi connectivity index (χ0v) is 32.9. The molecule has 2 fully saturated rings. The van der Waals surface area contributed by atoms with Gasteiger partial charge >= 0.3 is 6.09 Å². The monoisotopic (exact) mass is 780 g/mol. The predicted octanol–water partition coefficient (Wildman–Crippen LogP) is 6.93. The highest BCUT2D eigenvalue weighted by atomic mass is 16.5. The number of imidazole rings is 2. The van der Waals surface area contributed by atoms with Gasteiger partial charge in [-0.2, -0.15) is 0 Å². The van der Waals surface area contributed by atoms with Crippen molar-refractivity contribution in [2.45, 2.75) is 50.9 Å². The van der Waals surface area contributed by atoms with Gasteiger partial charge in [0.25, 0.3) is 5.91 Å². The first-order chi connectivity index (χ1) is 28.2. The Morgan fingerprint density at radius 2 is 1.38 bits per heavy atom. The number of likely N-dealkylation sites (tertiary alicyclic amines) is 1. The maximum absolute atomic E-state index is 14.0. The molecule has 0 spiro atoms. The Morgan fingerprint density at radius 1 is 0.776 bits per heavy atom. The first kappa shape index (κ1) is 38.6. The topological polar surface area (TPSA) is 172 Å². The lowest BCUT2D eigenvalue weighted by Gasteiger charge is -2.36. The largest absolute Gasteiger partial charge is 0.453 e. The summed E-state index contributed by atoms with van der Waals surface area (Å²) in [6.07, 6.45) is 4.72. The molecule has 4 heterocycles. The molecule has 13 heteroatoms. The maximum Gasteiger partial charge on any atom is 0.407 e. The summed E-state index contributed by atoms with van der Waals surface area (Å²) in [4.78, 5) is 59.2. The summed E-state index contributed by atoms with van der Waals surface area (Å²) in [6.45, 7) is 5.62. The van der Waals surface area contributed by atoms with Crippen molar-refractivity contribution in [3.05, 3.63) is 121 Å². The molecule has 0 unspecified atom stereocenters. The summed E-state index contributed by atoms with van der Waals surface area (Å²) in [6, 6.07) is 28.2. The summed E-state index contributed by atoms with van der Waals surface area (Å²) in [7, 11) is 1.27. The van der Waals surface area contributed by atoms with Crippen LogP contribution in [0.25, 0.3) is 44.4 Å². The smallest absolute Gasteiger partial charge is 0.407 e. The standard InChI is InChI=1S/C45H48N8O5/c1-27(2)39(46)43(54)52-19-7-10-37(52)41-47-24-35(49-41)29-13-11-28(12-14-29)31-15-16-33-23-34(18-17-32(33)22-31)36-25-48-42(50-36)38-26-58-21-20-53(38)44(55)40(51-45(56)57-3)30-8-5-4-6-9-30/h4-6,8-9,11-18,22-25,27,37-40H,7,10,19-21,26,46H2,1-3H3,(H,47,49)(H,48,50)(H,51,56)/t37-,38-,39-,40+/m0/s1. The number of hydrogen-bond acceptors (Lipinski definition) is 8. The molecule has 6 aromatic rings. The van der Waals surface area contributed by atoms with Gasteiger partial charge in [0.2, 0.25) is 5.91 Å². The molecule has 5 N–H and O–H groups in total. The zero-order valence-electron chi connectivity index (χ0n) is 32.9. The van der Waals surface area contributed by atoms with Gasteiger partial charge in [-0.05, 0) is 63.9 Å². The van der Waals surface area contributed by atoms with Gasteiger partial charge in [0, 0.05) is 18.7 Å². The van der Waals surface area contributed by atoms with Gasteiger partial charge in [0.1, 0.15) is 23.7 Å². The average molecular weight is 781 g/mol. The summed E-state index contributed by atoms with van der Waals surface area (Å²) in [5, 5.41) is 4.87. The molecular formula is C45H48N8O5. The van der Waals surface area contributed by atoms with Crippen molar-refractivity contribution in [1.82, 2.24) is 35.1 Å². The molecular weight excluding hydrogens is 733 g/mol. The minimum Gasteiger partial charge on any atom is -0.453 e. The number of nitrogens with two attached hydrogens (primary N) is 1. The fraction of sp³-hybridized carbons (Fsp3) is 0.311. The second-order valence-electron chi connectivity index (χ2n) is 15.3. The lowest BCUT2D eigenvalue weighted by Crippen LogP contribution is -2.49. The van der Waals surface area contributed by atoms with Gasteiger partial charge < -0.3 is 40.3 Å². The normalized spacial score (nSPS) is 18.0. The van der Waals surface area contributed by atoms with Crippen LogP contribution in [0.2, 0.25) is 0 Å². The average Bonchev–Trinajstić information content (AvgIpc) is 4.07. The van der Waals surface area contributed by atoms with Gasteiger partial charge in [0.05, 0.1) is 56.2 Å². The van der Waals surface area contributed by atoms with E-state index in [1.54, 1.807) is 23.2 Å². The fourth-order valence-corrected chi connectivity index (χ4v) is 7.90. The minimum absolute atomic E-state index is 0.0144. The van der Waals surface area contributed by atoms with Crippen LogP contribution in [0.1, 0.15) is 62.0 Å². The van der Waals surface area contributed by atoms with Crippen molar-refractivity contribution in [1.29, 1.82) is 0 Å². The van der Waals surface area contributed by atoms with Gasteiger partial charge in [-0.1, -0.05) is 92.7 Å². The van der Waals surface area contributed by atoms with E-state index in [0.717, 1.165) is 63.1 Å². The van der Waals surface area contributed by atoms with E-state index in [1.807, 2.05) is 43.1 Å². The fourth-order valence-electron chi connectivity index (χ4n) is 7.90. The van der Waals surface area contributed by atoms with Crippen molar-refractivity contribution in [2.75, 3.05) is 33.4 Å². The molecule has 2 aliphatic heterocycles. The number of hydrogen-bond donors (Lipinski definition) is 4. The number of H-pyrrole nitrogens is 2. The Balaban J connectivity index is 0.964. The number of carbonyl (C=O) groups excluding carboxylic acids is 3. The Labute approximate surface area is 337 Å². The molecule has 2 aromatic heterocycles. The summed E-state index contributed by atoms with van der Waals surface area (Å²) < 4.78 is 10.6. The number of rotatable bonds is 10. The maximum atomic E-state index is 14.0. The number of nitrogens with zero attached hydrogens (tertiary/aromatic N) is 4. The van der Waals surface area contributed by atoms with E-state index >= 15 is 0 Å². The van der Waals surface area contributed by atoms with Crippen molar-refractivity contribution < 1.29 is 23.9 Å². The molecule has 0 aliphatic carbocycles. The second kappa shape index (κ2) is 16.7. The number of ether oxygens (including phenoxy) is 2. The molecule has 4 aromatic carbocycles. The number of fused-ring (bicyclic) bond motifs is 1. The van der Waals surface area contributed by atoms with Crippen LogP contribution in [0.15, 0.2) is 103 Å². The van der Waals surface area contributed by atoms with Gasteiger partial charge in [-0.15, -0.1) is 0 Å². The Hall–Kier alpha value is -6.31. The van der Waals surface area contributed by atoms with Crippen LogP contribution in [0.5, 0.6) is 0 Å². The van der Waals surface area contributed by atoms with E-state index in [0.29, 0.717) is 31.1 Å². The van der Waals surface area contributed by atoms with E-state index in [2.05, 4.69) is 80.9 Å². The lowest BCUT2D eigenvalue weighted by atomic mass is 9.98. The molecule has 0 radical (unpaired) electrons. The van der Waals surface area contributed by atoms with Gasteiger partial charge in [-0.3, -0.25) is 9.59 Å². The predicted molar refractivity (Wildman–Crippen MR) is 221 cm³/mol. The first-order valence-electron chi connectivity index (χ1n) is 19.8. The van der Waals surface area contributed by atoms with Crippen LogP contribution in [0.4, 0.5) is 4.79 Å². The van der Waals surface area contributed by atoms with Crippen molar-refractivity contribution in [2.24, 2.45) is 11.7 Å². The molecule has 8 rings (SSSR count). The molecule has 3 amide bonds. The lowest BCUT2D eigenvalue weighted by molar-refractivity contribution is -0.143. The first-order valence-corrected chi connectivity index (χ1v) is 19.8. The van der Waals surface area contributed by atoms with Crippen LogP contribution in [-0.4, -0.2) is 87.1 Å². The highest BCUT2D eigenvalue weighted by molar-refractivity contribution is 5.91. The summed E-state index contributed by atoms with van der Waals surface area (Å²) >= 11 is 0. The molecule has 2 aliphatic rings. The van der Waals surface area contributed by atoms with Crippen molar-refractivity contribution in [3.63, 3.8) is 0 Å². The summed E-state index contributed by atoms with van der Waals surface area (Å²) in [5.74, 6) is 1.18. The molecule has 0 saturated carbocycles. The quantitative estimate of drug-likeness (QED) is 0.116. The van der Waals surface area contributed by atoms with Gasteiger partial charge in [-0.25, -0.2) is 14.8 Å². The third-order valence-electron chi connectivity index (χ3n) is 11.3. The number of alkyl carbamates (subject to hydrolysis) is 1.